The molecule has 0 aliphatic carbocycles. The normalized spacial score (nSPS) is 12.7. The Morgan fingerprint density at radius 2 is 2.00 bits per heavy atom. The van der Waals surface area contributed by atoms with Gasteiger partial charge in [-0.25, -0.2) is 0 Å². The Bertz CT molecular complexity index is 377. The van der Waals surface area contributed by atoms with Crippen LogP contribution in [0.5, 0.6) is 5.75 Å². The van der Waals surface area contributed by atoms with E-state index in [1.54, 1.807) is 0 Å². The van der Waals surface area contributed by atoms with Gasteiger partial charge in [0.05, 0.1) is 12.3 Å². The minimum absolute atomic E-state index is 0.469. The van der Waals surface area contributed by atoms with Crippen molar-refractivity contribution >= 4 is 5.69 Å². The second-order valence-corrected chi connectivity index (χ2v) is 5.55. The fourth-order valence-corrected chi connectivity index (χ4v) is 2.06. The number of nitrogen functional groups attached to an aromatic ring is 1. The predicted molar refractivity (Wildman–Crippen MR) is 82.6 cm³/mol. The van der Waals surface area contributed by atoms with Crippen LogP contribution in [0, 0.1) is 5.92 Å². The minimum atomic E-state index is 0.469. The van der Waals surface area contributed by atoms with Crippen LogP contribution in [0.4, 0.5) is 5.69 Å². The molecule has 1 atom stereocenters. The summed E-state index contributed by atoms with van der Waals surface area (Å²) in [5.74, 6) is 1.53. The Labute approximate surface area is 117 Å². The third-order valence-electron chi connectivity index (χ3n) is 3.13. The number of ether oxygens (including phenoxy) is 1. The highest BCUT2D eigenvalue weighted by Crippen LogP contribution is 2.23. The second kappa shape index (κ2) is 8.05. The summed E-state index contributed by atoms with van der Waals surface area (Å²) in [5, 5.41) is 3.55. The Balaban J connectivity index is 2.45. The summed E-state index contributed by atoms with van der Waals surface area (Å²) in [5.41, 5.74) is 7.96. The van der Waals surface area contributed by atoms with Crippen LogP contribution in [0.2, 0.25) is 0 Å². The third-order valence-corrected chi connectivity index (χ3v) is 3.13. The van der Waals surface area contributed by atoms with Gasteiger partial charge >= 0.3 is 0 Å². The maximum atomic E-state index is 5.98. The molecule has 0 radical (unpaired) electrons. The summed E-state index contributed by atoms with van der Waals surface area (Å²) < 4.78 is 5.45. The molecule has 0 saturated heterocycles. The number of nitrogens with two attached hydrogens (primary N) is 1. The van der Waals surface area contributed by atoms with Gasteiger partial charge in [-0.15, -0.1) is 0 Å². The number of anilines is 1. The summed E-state index contributed by atoms with van der Waals surface area (Å²) in [7, 11) is 0. The van der Waals surface area contributed by atoms with Crippen molar-refractivity contribution in [2.45, 2.75) is 46.6 Å². The van der Waals surface area contributed by atoms with Crippen LogP contribution in [-0.2, 0) is 6.42 Å². The Hall–Kier alpha value is -1.22. The highest BCUT2D eigenvalue weighted by molar-refractivity contribution is 5.54. The van der Waals surface area contributed by atoms with Crippen molar-refractivity contribution in [2.24, 2.45) is 5.92 Å². The lowest BCUT2D eigenvalue weighted by molar-refractivity contribution is 0.342. The summed E-state index contributed by atoms with van der Waals surface area (Å²) >= 11 is 0. The highest BCUT2D eigenvalue weighted by atomic mass is 16.5. The van der Waals surface area contributed by atoms with E-state index in [0.29, 0.717) is 12.6 Å². The first kappa shape index (κ1) is 15.8. The maximum Gasteiger partial charge on any atom is 0.142 e. The highest BCUT2D eigenvalue weighted by Gasteiger charge is 2.06. The van der Waals surface area contributed by atoms with Crippen LogP contribution < -0.4 is 15.8 Å². The number of nitrogens with one attached hydrogen (secondary N) is 1. The molecule has 0 heterocycles. The average Bonchev–Trinajstić information content (AvgIpc) is 2.32. The fourth-order valence-electron chi connectivity index (χ4n) is 2.06. The molecule has 1 rings (SSSR count). The number of hydrogen-bond donors (Lipinski definition) is 2. The van der Waals surface area contributed by atoms with E-state index in [2.05, 4.69) is 32.2 Å². The van der Waals surface area contributed by atoms with Gasteiger partial charge in [-0.1, -0.05) is 19.9 Å². The molecule has 1 aromatic carbocycles. The topological polar surface area (TPSA) is 47.3 Å². The molecular weight excluding hydrogens is 236 g/mol. The van der Waals surface area contributed by atoms with Crippen molar-refractivity contribution in [3.05, 3.63) is 23.8 Å². The van der Waals surface area contributed by atoms with Crippen molar-refractivity contribution in [3.63, 3.8) is 0 Å². The van der Waals surface area contributed by atoms with Crippen molar-refractivity contribution in [1.82, 2.24) is 5.32 Å². The van der Waals surface area contributed by atoms with E-state index in [-0.39, 0.29) is 0 Å². The molecule has 0 aliphatic heterocycles. The quantitative estimate of drug-likeness (QED) is 0.709. The van der Waals surface area contributed by atoms with Crippen LogP contribution in [0.3, 0.4) is 0 Å². The Morgan fingerprint density at radius 1 is 1.26 bits per heavy atom. The summed E-state index contributed by atoms with van der Waals surface area (Å²) in [6.07, 6.45) is 2.21. The van der Waals surface area contributed by atoms with E-state index >= 15 is 0 Å². The predicted octanol–water partition coefficient (Wildman–Crippen LogP) is 3.23. The SMILES string of the molecule is CCOc1ccc(CC(C)NCCC(C)C)cc1N. The first-order valence-electron chi connectivity index (χ1n) is 7.27. The van der Waals surface area contributed by atoms with E-state index in [1.807, 2.05) is 19.1 Å². The van der Waals surface area contributed by atoms with Gasteiger partial charge < -0.3 is 15.8 Å². The molecule has 0 amide bonds. The second-order valence-electron chi connectivity index (χ2n) is 5.55. The molecule has 0 aliphatic rings. The molecule has 3 heteroatoms. The smallest absolute Gasteiger partial charge is 0.142 e. The molecule has 0 aromatic heterocycles. The lowest BCUT2D eigenvalue weighted by atomic mass is 10.1. The van der Waals surface area contributed by atoms with Gasteiger partial charge in [0.25, 0.3) is 0 Å². The average molecular weight is 264 g/mol. The van der Waals surface area contributed by atoms with Gasteiger partial charge in [-0.3, -0.25) is 0 Å². The van der Waals surface area contributed by atoms with Crippen LogP contribution in [-0.4, -0.2) is 19.2 Å². The minimum Gasteiger partial charge on any atom is -0.492 e. The standard InChI is InChI=1S/C16H28N2O/c1-5-19-16-7-6-14(11-15(16)17)10-13(4)18-9-8-12(2)3/h6-7,11-13,18H,5,8-10,17H2,1-4H3. The molecule has 0 spiro atoms. The molecule has 0 saturated carbocycles. The third kappa shape index (κ3) is 5.97. The number of benzene rings is 1. The molecule has 0 bridgehead atoms. The van der Waals surface area contributed by atoms with E-state index in [9.17, 15) is 0 Å². The van der Waals surface area contributed by atoms with Crippen molar-refractivity contribution in [1.29, 1.82) is 0 Å². The van der Waals surface area contributed by atoms with Crippen LogP contribution in [0.25, 0.3) is 0 Å². The molecule has 0 fully saturated rings. The van der Waals surface area contributed by atoms with E-state index in [0.717, 1.165) is 30.3 Å². The lowest BCUT2D eigenvalue weighted by Crippen LogP contribution is -2.29. The Kier molecular flexibility index (Phi) is 6.71. The monoisotopic (exact) mass is 264 g/mol. The van der Waals surface area contributed by atoms with Crippen LogP contribution in [0.15, 0.2) is 18.2 Å². The van der Waals surface area contributed by atoms with Crippen molar-refractivity contribution in [3.8, 4) is 5.75 Å². The summed E-state index contributed by atoms with van der Waals surface area (Å²) in [4.78, 5) is 0. The van der Waals surface area contributed by atoms with Crippen molar-refractivity contribution < 1.29 is 4.74 Å². The van der Waals surface area contributed by atoms with Crippen LogP contribution in [0.1, 0.15) is 39.7 Å². The zero-order valence-corrected chi connectivity index (χ0v) is 12.7. The Morgan fingerprint density at radius 3 is 2.58 bits per heavy atom. The molecule has 108 valence electrons. The van der Waals surface area contributed by atoms with Gasteiger partial charge in [0.1, 0.15) is 5.75 Å². The molecule has 3 nitrogen and oxygen atoms in total. The lowest BCUT2D eigenvalue weighted by Gasteiger charge is -2.16. The largest absolute Gasteiger partial charge is 0.492 e. The summed E-state index contributed by atoms with van der Waals surface area (Å²) in [6.45, 7) is 10.4. The first-order valence-corrected chi connectivity index (χ1v) is 7.27. The molecular formula is C16H28N2O. The van der Waals surface area contributed by atoms with Gasteiger partial charge in [0.2, 0.25) is 0 Å². The van der Waals surface area contributed by atoms with Gasteiger partial charge in [0.15, 0.2) is 0 Å². The zero-order valence-electron chi connectivity index (χ0n) is 12.7. The van der Waals surface area contributed by atoms with E-state index in [4.69, 9.17) is 10.5 Å². The number of hydrogen-bond acceptors (Lipinski definition) is 3. The van der Waals surface area contributed by atoms with Gasteiger partial charge in [0, 0.05) is 6.04 Å². The van der Waals surface area contributed by atoms with Crippen LogP contribution >= 0.6 is 0 Å². The van der Waals surface area contributed by atoms with Gasteiger partial charge in [-0.05, 0) is 56.8 Å². The fraction of sp³-hybridized carbons (Fsp3) is 0.625. The number of rotatable bonds is 8. The molecule has 19 heavy (non-hydrogen) atoms. The first-order chi connectivity index (χ1) is 9.02. The molecule has 3 N–H and O–H groups in total. The maximum absolute atomic E-state index is 5.98. The molecule has 1 aromatic rings. The van der Waals surface area contributed by atoms with E-state index < -0.39 is 0 Å². The summed E-state index contributed by atoms with van der Waals surface area (Å²) in [6, 6.07) is 6.55. The van der Waals surface area contributed by atoms with Crippen molar-refractivity contribution in [2.75, 3.05) is 18.9 Å². The van der Waals surface area contributed by atoms with Gasteiger partial charge in [-0.2, -0.15) is 0 Å². The zero-order chi connectivity index (χ0) is 14.3. The molecule has 1 unspecified atom stereocenters. The van der Waals surface area contributed by atoms with E-state index in [1.165, 1.54) is 12.0 Å².